The van der Waals surface area contributed by atoms with E-state index < -0.39 is 0 Å². The Kier molecular flexibility index (Phi) is 3.47. The fraction of sp³-hybridized carbons (Fsp3) is 0.118. The van der Waals surface area contributed by atoms with Gasteiger partial charge < -0.3 is 5.32 Å². The van der Waals surface area contributed by atoms with Crippen molar-refractivity contribution in [1.82, 2.24) is 9.88 Å². The molecule has 1 N–H and O–H groups in total. The number of carbonyl (C=O) groups excluding carboxylic acids is 2. The van der Waals surface area contributed by atoms with Crippen LogP contribution in [-0.4, -0.2) is 28.2 Å². The third kappa shape index (κ3) is 2.37. The van der Waals surface area contributed by atoms with E-state index in [1.807, 2.05) is 25.1 Å². The van der Waals surface area contributed by atoms with E-state index in [2.05, 4.69) is 16.9 Å². The Labute approximate surface area is 128 Å². The number of aryl methyl sites for hydroxylation is 1. The first-order valence-electron chi connectivity index (χ1n) is 6.89. The highest BCUT2D eigenvalue weighted by atomic mass is 16.2. The molecule has 0 radical (unpaired) electrons. The van der Waals surface area contributed by atoms with Gasteiger partial charge in [-0.3, -0.25) is 14.5 Å². The topological polar surface area (TPSA) is 62.3 Å². The molecule has 5 nitrogen and oxygen atoms in total. The normalized spacial score (nSPS) is 13.2. The number of hydrogen-bond acceptors (Lipinski definition) is 3. The van der Waals surface area contributed by atoms with Crippen molar-refractivity contribution in [2.45, 2.75) is 6.92 Å². The molecule has 2 amide bonds. The van der Waals surface area contributed by atoms with Crippen molar-refractivity contribution in [3.05, 3.63) is 65.9 Å². The largest absolute Gasteiger partial charge is 0.309 e. The molecule has 0 spiro atoms. The molecule has 1 aromatic carbocycles. The maximum Gasteiger partial charge on any atom is 0.259 e. The summed E-state index contributed by atoms with van der Waals surface area (Å²) >= 11 is 0. The van der Waals surface area contributed by atoms with Crippen LogP contribution in [0.15, 0.2) is 49.2 Å². The fourth-order valence-corrected chi connectivity index (χ4v) is 2.43. The molecule has 0 atom stereocenters. The average molecular weight is 293 g/mol. The molecule has 2 aromatic rings. The van der Waals surface area contributed by atoms with Gasteiger partial charge in [-0.1, -0.05) is 30.8 Å². The Morgan fingerprint density at radius 1 is 1.23 bits per heavy atom. The van der Waals surface area contributed by atoms with Gasteiger partial charge in [0.15, 0.2) is 0 Å². The zero-order valence-corrected chi connectivity index (χ0v) is 12.2. The Bertz CT molecular complexity index is 748. The maximum absolute atomic E-state index is 12.3. The summed E-state index contributed by atoms with van der Waals surface area (Å²) in [7, 11) is 0. The van der Waals surface area contributed by atoms with Gasteiger partial charge in [-0.15, -0.1) is 0 Å². The lowest BCUT2D eigenvalue weighted by molar-refractivity contribution is -0.116. The van der Waals surface area contributed by atoms with Crippen molar-refractivity contribution < 1.29 is 9.59 Å². The number of pyridine rings is 1. The number of aromatic nitrogens is 1. The lowest BCUT2D eigenvalue weighted by Gasteiger charge is -2.17. The van der Waals surface area contributed by atoms with Gasteiger partial charge in [0.2, 0.25) is 5.91 Å². The molecule has 0 aliphatic carbocycles. The molecule has 5 heteroatoms. The van der Waals surface area contributed by atoms with E-state index in [1.165, 1.54) is 4.90 Å². The Hall–Kier alpha value is -2.95. The van der Waals surface area contributed by atoms with Crippen LogP contribution in [-0.2, 0) is 4.79 Å². The van der Waals surface area contributed by atoms with Crippen LogP contribution < -0.4 is 5.32 Å². The van der Waals surface area contributed by atoms with E-state index in [-0.39, 0.29) is 18.4 Å². The lowest BCUT2D eigenvalue weighted by atomic mass is 10.1. The minimum Gasteiger partial charge on any atom is -0.309 e. The summed E-state index contributed by atoms with van der Waals surface area (Å²) in [6.07, 6.45) is 1.61. The van der Waals surface area contributed by atoms with Crippen LogP contribution >= 0.6 is 0 Å². The third-order valence-electron chi connectivity index (χ3n) is 3.61. The van der Waals surface area contributed by atoms with Crippen LogP contribution in [0, 0.1) is 6.92 Å². The van der Waals surface area contributed by atoms with Crippen LogP contribution in [0.2, 0.25) is 0 Å². The van der Waals surface area contributed by atoms with E-state index in [4.69, 9.17) is 0 Å². The third-order valence-corrected chi connectivity index (χ3v) is 3.61. The standard InChI is InChI=1S/C17H15N3O2/c1-11-6-5-9-18-16(11)19-15(21)10-20-12(2)13-7-3-4-8-14(13)17(20)22/h3-9H,2,10H2,1H3,(H,18,19,21). The number of anilines is 1. The molecular weight excluding hydrogens is 278 g/mol. The molecule has 1 aromatic heterocycles. The van der Waals surface area contributed by atoms with Gasteiger partial charge in [-0.05, 0) is 24.6 Å². The number of amides is 2. The molecule has 110 valence electrons. The van der Waals surface area contributed by atoms with E-state index in [0.29, 0.717) is 17.1 Å². The highest BCUT2D eigenvalue weighted by Crippen LogP contribution is 2.30. The highest BCUT2D eigenvalue weighted by Gasteiger charge is 2.31. The summed E-state index contributed by atoms with van der Waals surface area (Å²) in [6, 6.07) is 10.9. The lowest BCUT2D eigenvalue weighted by Crippen LogP contribution is -2.33. The number of benzene rings is 1. The number of nitrogens with zero attached hydrogens (tertiary/aromatic N) is 2. The maximum atomic E-state index is 12.3. The van der Waals surface area contributed by atoms with Crippen LogP contribution in [0.25, 0.3) is 5.70 Å². The zero-order valence-electron chi connectivity index (χ0n) is 12.2. The second-order valence-electron chi connectivity index (χ2n) is 5.10. The first kappa shape index (κ1) is 14.0. The SMILES string of the molecule is C=C1c2ccccc2C(=O)N1CC(=O)Nc1ncccc1C. The summed E-state index contributed by atoms with van der Waals surface area (Å²) in [4.78, 5) is 30.0. The average Bonchev–Trinajstić information content (AvgIpc) is 2.75. The van der Waals surface area contributed by atoms with Crippen molar-refractivity contribution >= 4 is 23.3 Å². The van der Waals surface area contributed by atoms with E-state index in [1.54, 1.807) is 24.4 Å². The number of fused-ring (bicyclic) bond motifs is 1. The minimum absolute atomic E-state index is 0.0810. The zero-order chi connectivity index (χ0) is 15.7. The Morgan fingerprint density at radius 2 is 1.95 bits per heavy atom. The number of hydrogen-bond donors (Lipinski definition) is 1. The molecule has 0 fully saturated rings. The molecule has 3 rings (SSSR count). The predicted octanol–water partition coefficient (Wildman–Crippen LogP) is 2.46. The summed E-state index contributed by atoms with van der Waals surface area (Å²) in [6.45, 7) is 5.69. The van der Waals surface area contributed by atoms with Gasteiger partial charge in [0.1, 0.15) is 12.4 Å². The Morgan fingerprint density at radius 3 is 2.64 bits per heavy atom. The van der Waals surface area contributed by atoms with Crippen molar-refractivity contribution in [1.29, 1.82) is 0 Å². The molecular formula is C17H15N3O2. The summed E-state index contributed by atoms with van der Waals surface area (Å²) in [5.74, 6) is -0.000119. The van der Waals surface area contributed by atoms with Gasteiger partial charge in [0.25, 0.3) is 5.91 Å². The summed E-state index contributed by atoms with van der Waals surface area (Å²) in [5.41, 5.74) is 2.77. The predicted molar refractivity (Wildman–Crippen MR) is 84.1 cm³/mol. The van der Waals surface area contributed by atoms with Crippen molar-refractivity contribution in [3.63, 3.8) is 0 Å². The molecule has 0 saturated carbocycles. The first-order valence-corrected chi connectivity index (χ1v) is 6.89. The van der Waals surface area contributed by atoms with Crippen molar-refractivity contribution in [2.24, 2.45) is 0 Å². The van der Waals surface area contributed by atoms with E-state index in [9.17, 15) is 9.59 Å². The molecule has 1 aliphatic heterocycles. The highest BCUT2D eigenvalue weighted by molar-refractivity contribution is 6.11. The van der Waals surface area contributed by atoms with Gasteiger partial charge >= 0.3 is 0 Å². The molecule has 0 saturated heterocycles. The molecule has 2 heterocycles. The number of carbonyl (C=O) groups is 2. The molecule has 0 bridgehead atoms. The minimum atomic E-state index is -0.302. The van der Waals surface area contributed by atoms with Crippen molar-refractivity contribution in [2.75, 3.05) is 11.9 Å². The van der Waals surface area contributed by atoms with Crippen LogP contribution in [0.3, 0.4) is 0 Å². The van der Waals surface area contributed by atoms with Crippen molar-refractivity contribution in [3.8, 4) is 0 Å². The Balaban J connectivity index is 1.75. The summed E-state index contributed by atoms with van der Waals surface area (Å²) < 4.78 is 0. The van der Waals surface area contributed by atoms with E-state index in [0.717, 1.165) is 11.1 Å². The fourth-order valence-electron chi connectivity index (χ4n) is 2.43. The van der Waals surface area contributed by atoms with Gasteiger partial charge in [-0.25, -0.2) is 4.98 Å². The van der Waals surface area contributed by atoms with Crippen LogP contribution in [0.1, 0.15) is 21.5 Å². The first-order chi connectivity index (χ1) is 10.6. The second-order valence-corrected chi connectivity index (χ2v) is 5.10. The number of rotatable bonds is 3. The molecule has 0 unspecified atom stereocenters. The smallest absolute Gasteiger partial charge is 0.259 e. The molecule has 1 aliphatic rings. The number of nitrogens with one attached hydrogen (secondary N) is 1. The second kappa shape index (κ2) is 5.44. The molecule has 22 heavy (non-hydrogen) atoms. The van der Waals surface area contributed by atoms with Gasteiger partial charge in [0, 0.05) is 23.0 Å². The van der Waals surface area contributed by atoms with E-state index >= 15 is 0 Å². The van der Waals surface area contributed by atoms with Crippen LogP contribution in [0.4, 0.5) is 5.82 Å². The monoisotopic (exact) mass is 293 g/mol. The van der Waals surface area contributed by atoms with Crippen LogP contribution in [0.5, 0.6) is 0 Å². The van der Waals surface area contributed by atoms with Gasteiger partial charge in [-0.2, -0.15) is 0 Å². The summed E-state index contributed by atoms with van der Waals surface area (Å²) in [5, 5.41) is 2.72. The quantitative estimate of drug-likeness (QED) is 0.945. The van der Waals surface area contributed by atoms with Gasteiger partial charge in [0.05, 0.1) is 0 Å².